The molecule has 0 spiro atoms. The molecule has 0 heterocycles. The molecule has 2 aliphatic rings. The summed E-state index contributed by atoms with van der Waals surface area (Å²) in [5, 5.41) is 10.0. The van der Waals surface area contributed by atoms with E-state index >= 15 is 0 Å². The van der Waals surface area contributed by atoms with Crippen LogP contribution in [-0.2, 0) is 0 Å². The van der Waals surface area contributed by atoms with Crippen LogP contribution >= 0.6 is 0 Å². The predicted molar refractivity (Wildman–Crippen MR) is 59.1 cm³/mol. The molecule has 0 aromatic carbocycles. The van der Waals surface area contributed by atoms with E-state index in [0.29, 0.717) is 5.41 Å². The quantitative estimate of drug-likeness (QED) is 0.587. The zero-order valence-electron chi connectivity index (χ0n) is 9.64. The Morgan fingerprint density at radius 3 is 2.71 bits per heavy atom. The molecule has 1 heteroatoms. The summed E-state index contributed by atoms with van der Waals surface area (Å²) in [4.78, 5) is 0. The summed E-state index contributed by atoms with van der Waals surface area (Å²) in [6.07, 6.45) is 7.94. The van der Waals surface area contributed by atoms with Crippen LogP contribution in [0.4, 0.5) is 0 Å². The van der Waals surface area contributed by atoms with Crippen LogP contribution in [-0.4, -0.2) is 10.7 Å². The van der Waals surface area contributed by atoms with E-state index in [1.807, 2.05) is 6.92 Å². The van der Waals surface area contributed by atoms with Gasteiger partial charge < -0.3 is 5.11 Å². The second kappa shape index (κ2) is 3.10. The second-order valence-corrected chi connectivity index (χ2v) is 6.07. The lowest BCUT2D eigenvalue weighted by atomic mass is 9.61. The van der Waals surface area contributed by atoms with Crippen molar-refractivity contribution in [2.75, 3.05) is 0 Å². The van der Waals surface area contributed by atoms with Crippen molar-refractivity contribution in [3.63, 3.8) is 0 Å². The van der Waals surface area contributed by atoms with Gasteiger partial charge in [0.1, 0.15) is 0 Å². The number of hydrogen-bond donors (Lipinski definition) is 1. The lowest BCUT2D eigenvalue weighted by Gasteiger charge is -2.46. The van der Waals surface area contributed by atoms with Crippen LogP contribution < -0.4 is 0 Å². The smallest absolute Gasteiger partial charge is 0.0657 e. The van der Waals surface area contributed by atoms with Gasteiger partial charge in [-0.1, -0.05) is 25.5 Å². The van der Waals surface area contributed by atoms with Crippen molar-refractivity contribution in [2.45, 2.75) is 58.5 Å². The molecule has 80 valence electrons. The van der Waals surface area contributed by atoms with Gasteiger partial charge in [0, 0.05) is 0 Å². The zero-order valence-corrected chi connectivity index (χ0v) is 9.64. The Hall–Kier alpha value is -0.300. The number of fused-ring (bicyclic) bond motifs is 1. The largest absolute Gasteiger partial charge is 0.390 e. The first-order chi connectivity index (χ1) is 6.41. The highest BCUT2D eigenvalue weighted by atomic mass is 16.3. The molecule has 1 fully saturated rings. The predicted octanol–water partition coefficient (Wildman–Crippen LogP) is 3.28. The first kappa shape index (κ1) is 10.2. The Balaban J connectivity index is 2.22. The monoisotopic (exact) mass is 194 g/mol. The fraction of sp³-hybridized carbons (Fsp3) is 0.846. The average Bonchev–Trinajstić information content (AvgIpc) is 2.00. The Bertz CT molecular complexity index is 260. The molecule has 2 atom stereocenters. The first-order valence-electron chi connectivity index (χ1n) is 5.82. The van der Waals surface area contributed by atoms with E-state index < -0.39 is 5.60 Å². The van der Waals surface area contributed by atoms with E-state index in [9.17, 15) is 5.11 Å². The third kappa shape index (κ3) is 1.75. The minimum Gasteiger partial charge on any atom is -0.390 e. The molecule has 14 heavy (non-hydrogen) atoms. The van der Waals surface area contributed by atoms with Gasteiger partial charge in [0.05, 0.1) is 5.60 Å². The Morgan fingerprint density at radius 2 is 2.00 bits per heavy atom. The van der Waals surface area contributed by atoms with Crippen molar-refractivity contribution in [1.82, 2.24) is 0 Å². The van der Waals surface area contributed by atoms with Crippen LogP contribution in [0.3, 0.4) is 0 Å². The van der Waals surface area contributed by atoms with Gasteiger partial charge in [0.25, 0.3) is 0 Å². The summed E-state index contributed by atoms with van der Waals surface area (Å²) in [6.45, 7) is 6.74. The SMILES string of the molecule is CC1(C)CCC=C2C[C@](C)(O)CC[C@H]21. The van der Waals surface area contributed by atoms with Gasteiger partial charge in [0.2, 0.25) is 0 Å². The lowest BCUT2D eigenvalue weighted by molar-refractivity contribution is 0.0106. The molecule has 0 aromatic rings. The molecule has 2 rings (SSSR count). The fourth-order valence-corrected chi connectivity index (χ4v) is 3.20. The van der Waals surface area contributed by atoms with Crippen molar-refractivity contribution in [3.05, 3.63) is 11.6 Å². The van der Waals surface area contributed by atoms with E-state index in [-0.39, 0.29) is 0 Å². The van der Waals surface area contributed by atoms with Crippen LogP contribution in [0.2, 0.25) is 0 Å². The number of hydrogen-bond acceptors (Lipinski definition) is 1. The van der Waals surface area contributed by atoms with Gasteiger partial charge in [-0.15, -0.1) is 0 Å². The average molecular weight is 194 g/mol. The molecule has 1 nitrogen and oxygen atoms in total. The third-order valence-electron chi connectivity index (χ3n) is 4.14. The molecule has 2 aliphatic carbocycles. The molecular formula is C13H22O. The summed E-state index contributed by atoms with van der Waals surface area (Å²) < 4.78 is 0. The van der Waals surface area contributed by atoms with Crippen LogP contribution in [0.15, 0.2) is 11.6 Å². The maximum absolute atomic E-state index is 10.0. The molecule has 0 bridgehead atoms. The van der Waals surface area contributed by atoms with Crippen molar-refractivity contribution < 1.29 is 5.11 Å². The lowest BCUT2D eigenvalue weighted by Crippen LogP contribution is -2.39. The summed E-state index contributed by atoms with van der Waals surface area (Å²) in [7, 11) is 0. The van der Waals surface area contributed by atoms with Crippen LogP contribution in [0, 0.1) is 11.3 Å². The summed E-state index contributed by atoms with van der Waals surface area (Å²) in [5.74, 6) is 0.733. The van der Waals surface area contributed by atoms with Gasteiger partial charge >= 0.3 is 0 Å². The molecule has 0 unspecified atom stereocenters. The van der Waals surface area contributed by atoms with E-state index in [4.69, 9.17) is 0 Å². The van der Waals surface area contributed by atoms with E-state index in [1.165, 1.54) is 24.8 Å². The van der Waals surface area contributed by atoms with Crippen molar-refractivity contribution in [3.8, 4) is 0 Å². The Morgan fingerprint density at radius 1 is 1.29 bits per heavy atom. The van der Waals surface area contributed by atoms with Gasteiger partial charge in [-0.05, 0) is 50.4 Å². The summed E-state index contributed by atoms with van der Waals surface area (Å²) >= 11 is 0. The first-order valence-corrected chi connectivity index (χ1v) is 5.82. The van der Waals surface area contributed by atoms with Crippen molar-refractivity contribution >= 4 is 0 Å². The number of rotatable bonds is 0. The number of aliphatic hydroxyl groups is 1. The maximum atomic E-state index is 10.0. The molecule has 1 saturated carbocycles. The van der Waals surface area contributed by atoms with E-state index in [1.54, 1.807) is 0 Å². The van der Waals surface area contributed by atoms with Crippen LogP contribution in [0.5, 0.6) is 0 Å². The topological polar surface area (TPSA) is 20.2 Å². The Labute approximate surface area is 87.2 Å². The summed E-state index contributed by atoms with van der Waals surface area (Å²) in [5.41, 5.74) is 1.55. The highest BCUT2D eigenvalue weighted by Crippen LogP contribution is 2.49. The van der Waals surface area contributed by atoms with Crippen LogP contribution in [0.1, 0.15) is 52.9 Å². The van der Waals surface area contributed by atoms with E-state index in [0.717, 1.165) is 18.8 Å². The minimum absolute atomic E-state index is 0.435. The molecule has 0 radical (unpaired) electrons. The second-order valence-electron chi connectivity index (χ2n) is 6.07. The normalized spacial score (nSPS) is 41.4. The highest BCUT2D eigenvalue weighted by Gasteiger charge is 2.41. The van der Waals surface area contributed by atoms with Crippen molar-refractivity contribution in [1.29, 1.82) is 0 Å². The Kier molecular flexibility index (Phi) is 2.26. The van der Waals surface area contributed by atoms with Crippen LogP contribution in [0.25, 0.3) is 0 Å². The molecule has 0 aliphatic heterocycles. The molecule has 0 saturated heterocycles. The van der Waals surface area contributed by atoms with Gasteiger partial charge in [0.15, 0.2) is 0 Å². The highest BCUT2D eigenvalue weighted by molar-refractivity contribution is 5.19. The zero-order chi connectivity index (χ0) is 10.4. The van der Waals surface area contributed by atoms with E-state index in [2.05, 4.69) is 19.9 Å². The third-order valence-corrected chi connectivity index (χ3v) is 4.14. The van der Waals surface area contributed by atoms with Crippen molar-refractivity contribution in [2.24, 2.45) is 11.3 Å². The van der Waals surface area contributed by atoms with Gasteiger partial charge in [-0.3, -0.25) is 0 Å². The summed E-state index contributed by atoms with van der Waals surface area (Å²) in [6, 6.07) is 0. The molecule has 1 N–H and O–H groups in total. The molecular weight excluding hydrogens is 172 g/mol. The minimum atomic E-state index is -0.435. The molecule has 0 amide bonds. The standard InChI is InChI=1S/C13H22O/c1-12(2)7-4-5-10-9-13(3,14)8-6-11(10)12/h5,11,14H,4,6-9H2,1-3H3/t11-,13-/m1/s1. The number of allylic oxidation sites excluding steroid dienone is 1. The molecule has 0 aromatic heterocycles. The van der Waals surface area contributed by atoms with Gasteiger partial charge in [-0.2, -0.15) is 0 Å². The maximum Gasteiger partial charge on any atom is 0.0657 e. The van der Waals surface area contributed by atoms with Gasteiger partial charge in [-0.25, -0.2) is 0 Å². The fourth-order valence-electron chi connectivity index (χ4n) is 3.20.